The second-order valence-electron chi connectivity index (χ2n) is 11.2. The van der Waals surface area contributed by atoms with Gasteiger partial charge in [-0.25, -0.2) is 8.42 Å². The normalized spacial score (nSPS) is 14.9. The molecule has 1 saturated heterocycles. The summed E-state index contributed by atoms with van der Waals surface area (Å²) in [4.78, 5) is 28.5. The molecule has 1 fully saturated rings. The van der Waals surface area contributed by atoms with Crippen LogP contribution in [0.4, 0.5) is 5.69 Å². The number of benzene rings is 3. The fourth-order valence-corrected chi connectivity index (χ4v) is 8.17. The molecule has 0 radical (unpaired) electrons. The minimum absolute atomic E-state index is 0.00592. The Morgan fingerprint density at radius 2 is 1.66 bits per heavy atom. The number of para-hydroxylation sites is 1. The predicted octanol–water partition coefficient (Wildman–Crippen LogP) is 4.07. The maximum absolute atomic E-state index is 13.3. The van der Waals surface area contributed by atoms with Crippen molar-refractivity contribution in [2.45, 2.75) is 42.3 Å². The van der Waals surface area contributed by atoms with Crippen LogP contribution < -0.4 is 19.7 Å². The molecule has 47 heavy (non-hydrogen) atoms. The Kier molecular flexibility index (Phi) is 9.80. The summed E-state index contributed by atoms with van der Waals surface area (Å²) in [7, 11) is -0.500. The Hall–Kier alpha value is -4.40. The van der Waals surface area contributed by atoms with Crippen LogP contribution in [0.2, 0.25) is 0 Å². The minimum atomic E-state index is -3.61. The number of anilines is 1. The number of fused-ring (bicyclic) bond motifs is 1. The first-order valence-corrected chi connectivity index (χ1v) is 17.8. The number of thioether (sulfide) groups is 1. The van der Waals surface area contributed by atoms with Crippen LogP contribution in [-0.2, 0) is 27.8 Å². The Balaban J connectivity index is 1.21. The van der Waals surface area contributed by atoms with Gasteiger partial charge in [-0.05, 0) is 67.3 Å². The van der Waals surface area contributed by atoms with Crippen molar-refractivity contribution in [3.05, 3.63) is 83.7 Å². The molecule has 2 aliphatic heterocycles. The van der Waals surface area contributed by atoms with Crippen molar-refractivity contribution in [2.24, 2.45) is 0 Å². The number of hydrogen-bond donors (Lipinski definition) is 1. The van der Waals surface area contributed by atoms with Crippen molar-refractivity contribution in [1.82, 2.24) is 24.4 Å². The Morgan fingerprint density at radius 3 is 2.40 bits per heavy atom. The number of sulfonamides is 1. The van der Waals surface area contributed by atoms with Crippen LogP contribution in [0.3, 0.4) is 0 Å². The zero-order chi connectivity index (χ0) is 33.0. The minimum Gasteiger partial charge on any atom is -0.497 e. The SMILES string of the molecule is COc1ccc(OC)c(-n2c(CNC(=O)c3ccc(S(=O)(=O)N4CCCCC4)cc3)nnc2SCC(=O)N2CCc3ccccc32)c1. The van der Waals surface area contributed by atoms with E-state index in [0.29, 0.717) is 53.4 Å². The molecule has 3 heterocycles. The summed E-state index contributed by atoms with van der Waals surface area (Å²) in [6.45, 7) is 1.62. The van der Waals surface area contributed by atoms with Crippen LogP contribution in [0.15, 0.2) is 76.8 Å². The molecule has 14 heteroatoms. The van der Waals surface area contributed by atoms with E-state index in [-0.39, 0.29) is 23.1 Å². The molecule has 1 N–H and O–H groups in total. The molecule has 12 nitrogen and oxygen atoms in total. The molecule has 246 valence electrons. The van der Waals surface area contributed by atoms with Gasteiger partial charge in [0.25, 0.3) is 5.91 Å². The average molecular weight is 677 g/mol. The Labute approximate surface area is 278 Å². The van der Waals surface area contributed by atoms with Crippen LogP contribution in [0, 0.1) is 0 Å². The molecule has 4 aromatic rings. The van der Waals surface area contributed by atoms with Gasteiger partial charge in [-0.2, -0.15) is 4.31 Å². The van der Waals surface area contributed by atoms with Gasteiger partial charge in [0.1, 0.15) is 11.5 Å². The lowest BCUT2D eigenvalue weighted by atomic mass is 10.2. The van der Waals surface area contributed by atoms with Crippen LogP contribution in [0.25, 0.3) is 5.69 Å². The molecule has 1 aromatic heterocycles. The van der Waals surface area contributed by atoms with E-state index in [4.69, 9.17) is 9.47 Å². The van der Waals surface area contributed by atoms with Crippen molar-refractivity contribution in [3.8, 4) is 17.2 Å². The second kappa shape index (κ2) is 14.2. The van der Waals surface area contributed by atoms with E-state index in [1.54, 1.807) is 41.9 Å². The monoisotopic (exact) mass is 676 g/mol. The quantitative estimate of drug-likeness (QED) is 0.233. The predicted molar refractivity (Wildman–Crippen MR) is 178 cm³/mol. The largest absolute Gasteiger partial charge is 0.497 e. The van der Waals surface area contributed by atoms with Gasteiger partial charge in [0.15, 0.2) is 11.0 Å². The highest BCUT2D eigenvalue weighted by Crippen LogP contribution is 2.33. The topological polar surface area (TPSA) is 136 Å². The molecule has 0 unspecified atom stereocenters. The zero-order valence-electron chi connectivity index (χ0n) is 26.2. The first-order valence-electron chi connectivity index (χ1n) is 15.4. The van der Waals surface area contributed by atoms with E-state index in [1.165, 1.54) is 40.3 Å². The summed E-state index contributed by atoms with van der Waals surface area (Å²) in [5, 5.41) is 12.1. The first-order chi connectivity index (χ1) is 22.8. The molecular weight excluding hydrogens is 641 g/mol. The summed E-state index contributed by atoms with van der Waals surface area (Å²) in [5.74, 6) is 1.16. The third kappa shape index (κ3) is 6.85. The number of aromatic nitrogens is 3. The van der Waals surface area contributed by atoms with E-state index < -0.39 is 15.9 Å². The van der Waals surface area contributed by atoms with E-state index in [2.05, 4.69) is 15.5 Å². The lowest BCUT2D eigenvalue weighted by Crippen LogP contribution is -2.35. The summed E-state index contributed by atoms with van der Waals surface area (Å²) in [6, 6.07) is 19.1. The summed E-state index contributed by atoms with van der Waals surface area (Å²) in [6.07, 6.45) is 3.52. The number of rotatable bonds is 11. The molecule has 2 amide bonds. The Bertz CT molecular complexity index is 1870. The van der Waals surface area contributed by atoms with E-state index in [9.17, 15) is 18.0 Å². The second-order valence-corrected chi connectivity index (χ2v) is 14.0. The van der Waals surface area contributed by atoms with Gasteiger partial charge in [-0.15, -0.1) is 10.2 Å². The number of hydrogen-bond acceptors (Lipinski definition) is 9. The van der Waals surface area contributed by atoms with E-state index in [1.807, 2.05) is 24.3 Å². The smallest absolute Gasteiger partial charge is 0.251 e. The highest BCUT2D eigenvalue weighted by atomic mass is 32.2. The molecule has 3 aromatic carbocycles. The van der Waals surface area contributed by atoms with Crippen LogP contribution >= 0.6 is 11.8 Å². The fourth-order valence-electron chi connectivity index (χ4n) is 5.82. The van der Waals surface area contributed by atoms with Gasteiger partial charge in [-0.1, -0.05) is 36.4 Å². The van der Waals surface area contributed by atoms with Crippen molar-refractivity contribution in [1.29, 1.82) is 0 Å². The summed E-state index contributed by atoms with van der Waals surface area (Å²) in [5.41, 5.74) is 2.95. The molecule has 0 saturated carbocycles. The summed E-state index contributed by atoms with van der Waals surface area (Å²) >= 11 is 1.24. The lowest BCUT2D eigenvalue weighted by molar-refractivity contribution is -0.116. The number of piperidine rings is 1. The lowest BCUT2D eigenvalue weighted by Gasteiger charge is -2.25. The molecule has 0 bridgehead atoms. The van der Waals surface area contributed by atoms with E-state index >= 15 is 0 Å². The average Bonchev–Trinajstić information content (AvgIpc) is 3.74. The molecule has 0 spiro atoms. The first kappa shape index (κ1) is 32.5. The standard InChI is InChI=1S/C33H36N6O6S2/c1-44-25-12-15-29(45-2)28(20-25)39-30(35-36-33(39)46-22-31(40)38-19-16-23-8-4-5-9-27(23)38)21-34-32(41)24-10-13-26(14-11-24)47(42,43)37-17-6-3-7-18-37/h4-5,8-15,20H,3,6-7,16-19,21-22H2,1-2H3,(H,34,41). The number of nitrogens with one attached hydrogen (secondary N) is 1. The van der Waals surface area contributed by atoms with Gasteiger partial charge in [0.2, 0.25) is 15.9 Å². The molecular formula is C33H36N6O6S2. The van der Waals surface area contributed by atoms with Gasteiger partial charge in [0.05, 0.1) is 37.1 Å². The maximum atomic E-state index is 13.3. The third-order valence-corrected chi connectivity index (χ3v) is 11.1. The van der Waals surface area contributed by atoms with Crippen molar-refractivity contribution in [2.75, 3.05) is 44.5 Å². The van der Waals surface area contributed by atoms with Crippen molar-refractivity contribution >= 4 is 39.3 Å². The molecule has 2 aliphatic rings. The van der Waals surface area contributed by atoms with Crippen molar-refractivity contribution in [3.63, 3.8) is 0 Å². The number of nitrogens with zero attached hydrogens (tertiary/aromatic N) is 5. The van der Waals surface area contributed by atoms with Gasteiger partial charge >= 0.3 is 0 Å². The number of ether oxygens (including phenoxy) is 2. The number of carbonyl (C=O) groups is 2. The van der Waals surface area contributed by atoms with Gasteiger partial charge in [-0.3, -0.25) is 14.2 Å². The molecule has 0 aliphatic carbocycles. The maximum Gasteiger partial charge on any atom is 0.251 e. The van der Waals surface area contributed by atoms with Crippen molar-refractivity contribution < 1.29 is 27.5 Å². The highest BCUT2D eigenvalue weighted by Gasteiger charge is 2.27. The van der Waals surface area contributed by atoms with Crippen LogP contribution in [0.5, 0.6) is 11.5 Å². The highest BCUT2D eigenvalue weighted by molar-refractivity contribution is 7.99. The van der Waals surface area contributed by atoms with Gasteiger partial charge < -0.3 is 19.7 Å². The zero-order valence-corrected chi connectivity index (χ0v) is 27.8. The fraction of sp³-hybridized carbons (Fsp3) is 0.333. The number of amides is 2. The van der Waals surface area contributed by atoms with Crippen LogP contribution in [0.1, 0.15) is 41.0 Å². The van der Waals surface area contributed by atoms with E-state index in [0.717, 1.165) is 36.9 Å². The number of methoxy groups -OCH3 is 2. The number of carbonyl (C=O) groups excluding carboxylic acids is 2. The third-order valence-electron chi connectivity index (χ3n) is 8.32. The van der Waals surface area contributed by atoms with Gasteiger partial charge in [0, 0.05) is 37.0 Å². The summed E-state index contributed by atoms with van der Waals surface area (Å²) < 4.78 is 40.4. The van der Waals surface area contributed by atoms with Crippen LogP contribution in [-0.4, -0.2) is 78.9 Å². The molecule has 0 atom stereocenters. The molecule has 6 rings (SSSR count). The Morgan fingerprint density at radius 1 is 0.894 bits per heavy atom.